The molecule has 0 aromatic carbocycles. The lowest BCUT2D eigenvalue weighted by atomic mass is 9.88. The third-order valence-electron chi connectivity index (χ3n) is 3.83. The number of nitrogens with zero attached hydrogens (tertiary/aromatic N) is 1. The fourth-order valence-electron chi connectivity index (χ4n) is 3.04. The molecule has 2 saturated heterocycles. The first kappa shape index (κ1) is 8.52. The Morgan fingerprint density at radius 3 is 2.58 bits per heavy atom. The second-order valence-electron chi connectivity index (χ2n) is 4.70. The maximum atomic E-state index is 9.85. The highest BCUT2D eigenvalue weighted by Crippen LogP contribution is 2.31. The number of hydrogen-bond acceptors (Lipinski definition) is 1. The number of rotatable bonds is 0. The van der Waals surface area contributed by atoms with Gasteiger partial charge in [0.2, 0.25) is 0 Å². The molecule has 0 aliphatic carbocycles. The van der Waals surface area contributed by atoms with Crippen LogP contribution in [0.3, 0.4) is 0 Å². The molecule has 12 heavy (non-hydrogen) atoms. The maximum absolute atomic E-state index is 9.85. The van der Waals surface area contributed by atoms with Gasteiger partial charge < -0.3 is 9.59 Å². The first-order valence-electron chi connectivity index (χ1n) is 5.25. The molecule has 0 aromatic rings. The third kappa shape index (κ3) is 1.27. The van der Waals surface area contributed by atoms with E-state index in [0.717, 1.165) is 10.9 Å². The summed E-state index contributed by atoms with van der Waals surface area (Å²) in [6.07, 6.45) is 6.18. The molecule has 2 aliphatic heterocycles. The van der Waals surface area contributed by atoms with E-state index in [1.165, 1.54) is 38.8 Å². The van der Waals surface area contributed by atoms with E-state index >= 15 is 0 Å². The Balaban J connectivity index is 2.12. The molecule has 0 bridgehead atoms. The molecule has 2 heteroatoms. The van der Waals surface area contributed by atoms with E-state index in [0.29, 0.717) is 6.04 Å². The monoisotopic (exact) mass is 170 g/mol. The molecule has 2 nitrogen and oxygen atoms in total. The van der Waals surface area contributed by atoms with Crippen LogP contribution in [-0.2, 0) is 0 Å². The molecule has 2 aliphatic rings. The lowest BCUT2D eigenvalue weighted by Gasteiger charge is -2.49. The summed E-state index contributed by atoms with van der Waals surface area (Å²) in [6, 6.07) is 0.562. The van der Waals surface area contributed by atoms with Crippen LogP contribution in [0, 0.1) is 0 Å². The van der Waals surface area contributed by atoms with Crippen LogP contribution in [0.4, 0.5) is 0 Å². The lowest BCUT2D eigenvalue weighted by molar-refractivity contribution is -0.946. The lowest BCUT2D eigenvalue weighted by Crippen LogP contribution is -2.62. The molecule has 0 radical (unpaired) electrons. The standard InChI is InChI=1S/C10H20NO/c1-11-7-3-2-5-9(11)10(12)6-4-8-11/h9-10,12H,2-8H2,1H3/q+1/t9-,10-,11-/m0/s1. The van der Waals surface area contributed by atoms with Gasteiger partial charge in [0.25, 0.3) is 0 Å². The topological polar surface area (TPSA) is 20.2 Å². The molecule has 0 aromatic heterocycles. The van der Waals surface area contributed by atoms with Crippen LogP contribution in [0.1, 0.15) is 32.1 Å². The van der Waals surface area contributed by atoms with Crippen molar-refractivity contribution in [2.45, 2.75) is 44.2 Å². The largest absolute Gasteiger partial charge is 0.387 e. The Kier molecular flexibility index (Phi) is 2.13. The van der Waals surface area contributed by atoms with Gasteiger partial charge in [-0.05, 0) is 25.7 Å². The van der Waals surface area contributed by atoms with Gasteiger partial charge in [-0.2, -0.15) is 0 Å². The fraction of sp³-hybridized carbons (Fsp3) is 1.00. The highest BCUT2D eigenvalue weighted by molar-refractivity contribution is 4.77. The van der Waals surface area contributed by atoms with Gasteiger partial charge in [0, 0.05) is 6.42 Å². The SMILES string of the molecule is C[N@@+]12CCCC[C@H]1[C@@H](O)CCC2. The zero-order chi connectivity index (χ0) is 8.60. The van der Waals surface area contributed by atoms with Gasteiger partial charge in [0.05, 0.1) is 20.1 Å². The average Bonchev–Trinajstić information content (AvgIpc) is 2.04. The number of piperidine rings is 2. The molecule has 2 rings (SSSR count). The zero-order valence-electron chi connectivity index (χ0n) is 8.00. The van der Waals surface area contributed by atoms with Crippen molar-refractivity contribution in [1.29, 1.82) is 0 Å². The molecule has 2 fully saturated rings. The van der Waals surface area contributed by atoms with Gasteiger partial charge in [-0.1, -0.05) is 0 Å². The number of fused-ring (bicyclic) bond motifs is 1. The summed E-state index contributed by atoms with van der Waals surface area (Å²) < 4.78 is 1.15. The molecule has 0 saturated carbocycles. The number of quaternary nitrogens is 1. The molecule has 70 valence electrons. The second kappa shape index (κ2) is 3.00. The molecular formula is C10H20NO+. The van der Waals surface area contributed by atoms with E-state index in [1.807, 2.05) is 0 Å². The quantitative estimate of drug-likeness (QED) is 0.541. The predicted octanol–water partition coefficient (Wildman–Crippen LogP) is 1.14. The third-order valence-corrected chi connectivity index (χ3v) is 3.83. The zero-order valence-corrected chi connectivity index (χ0v) is 8.00. The van der Waals surface area contributed by atoms with Crippen LogP contribution >= 0.6 is 0 Å². The summed E-state index contributed by atoms with van der Waals surface area (Å²) in [5.74, 6) is 0. The smallest absolute Gasteiger partial charge is 0.115 e. The van der Waals surface area contributed by atoms with E-state index < -0.39 is 0 Å². The molecule has 1 N–H and O–H groups in total. The summed E-state index contributed by atoms with van der Waals surface area (Å²) in [6.45, 7) is 2.59. The Labute approximate surface area is 74.8 Å². The Morgan fingerprint density at radius 2 is 1.83 bits per heavy atom. The van der Waals surface area contributed by atoms with Gasteiger partial charge in [-0.25, -0.2) is 0 Å². The predicted molar refractivity (Wildman–Crippen MR) is 48.8 cm³/mol. The van der Waals surface area contributed by atoms with Crippen molar-refractivity contribution in [2.75, 3.05) is 20.1 Å². The molecule has 0 spiro atoms. The summed E-state index contributed by atoms with van der Waals surface area (Å²) in [5, 5.41) is 9.85. The highest BCUT2D eigenvalue weighted by Gasteiger charge is 2.42. The van der Waals surface area contributed by atoms with Crippen LogP contribution in [0.25, 0.3) is 0 Å². The van der Waals surface area contributed by atoms with Crippen LogP contribution in [-0.4, -0.2) is 41.9 Å². The fourth-order valence-corrected chi connectivity index (χ4v) is 3.04. The molecule has 0 unspecified atom stereocenters. The van der Waals surface area contributed by atoms with Crippen molar-refractivity contribution < 1.29 is 9.59 Å². The van der Waals surface area contributed by atoms with Crippen LogP contribution < -0.4 is 0 Å². The minimum atomic E-state index is -0.0101. The number of aliphatic hydroxyl groups excluding tert-OH is 1. The summed E-state index contributed by atoms with van der Waals surface area (Å²) in [5.41, 5.74) is 0. The molecule has 0 amide bonds. The average molecular weight is 170 g/mol. The van der Waals surface area contributed by atoms with Gasteiger partial charge in [-0.3, -0.25) is 0 Å². The summed E-state index contributed by atoms with van der Waals surface area (Å²) in [7, 11) is 2.33. The second-order valence-corrected chi connectivity index (χ2v) is 4.70. The van der Waals surface area contributed by atoms with Gasteiger partial charge in [0.15, 0.2) is 0 Å². The number of likely N-dealkylation sites (N-methyl/N-ethyl adjacent to an activating group) is 1. The van der Waals surface area contributed by atoms with Gasteiger partial charge in [0.1, 0.15) is 12.1 Å². The Morgan fingerprint density at radius 1 is 1.08 bits per heavy atom. The van der Waals surface area contributed by atoms with Crippen molar-refractivity contribution >= 4 is 0 Å². The van der Waals surface area contributed by atoms with Crippen molar-refractivity contribution in [1.82, 2.24) is 0 Å². The van der Waals surface area contributed by atoms with Gasteiger partial charge in [-0.15, -0.1) is 0 Å². The Bertz CT molecular complexity index is 167. The minimum absolute atomic E-state index is 0.0101. The minimum Gasteiger partial charge on any atom is -0.387 e. The van der Waals surface area contributed by atoms with Crippen LogP contribution in [0.5, 0.6) is 0 Å². The summed E-state index contributed by atoms with van der Waals surface area (Å²) >= 11 is 0. The van der Waals surface area contributed by atoms with Crippen molar-refractivity contribution in [3.63, 3.8) is 0 Å². The van der Waals surface area contributed by atoms with Crippen LogP contribution in [0.2, 0.25) is 0 Å². The maximum Gasteiger partial charge on any atom is 0.115 e. The Hall–Kier alpha value is -0.0800. The van der Waals surface area contributed by atoms with Crippen molar-refractivity contribution in [3.05, 3.63) is 0 Å². The summed E-state index contributed by atoms with van der Waals surface area (Å²) in [4.78, 5) is 0. The van der Waals surface area contributed by atoms with E-state index in [9.17, 15) is 5.11 Å². The van der Waals surface area contributed by atoms with E-state index in [4.69, 9.17) is 0 Å². The van der Waals surface area contributed by atoms with E-state index in [1.54, 1.807) is 0 Å². The molecule has 2 heterocycles. The number of hydrogen-bond donors (Lipinski definition) is 1. The van der Waals surface area contributed by atoms with E-state index in [2.05, 4.69) is 7.05 Å². The van der Waals surface area contributed by atoms with Crippen LogP contribution in [0.15, 0.2) is 0 Å². The van der Waals surface area contributed by atoms with Gasteiger partial charge >= 0.3 is 0 Å². The molecular weight excluding hydrogens is 150 g/mol. The van der Waals surface area contributed by atoms with Crippen molar-refractivity contribution in [3.8, 4) is 0 Å². The first-order chi connectivity index (χ1) is 5.72. The van der Waals surface area contributed by atoms with Crippen molar-refractivity contribution in [2.24, 2.45) is 0 Å². The molecule has 3 atom stereocenters. The van der Waals surface area contributed by atoms with E-state index in [-0.39, 0.29) is 6.10 Å². The first-order valence-corrected chi connectivity index (χ1v) is 5.25. The normalized spacial score (nSPS) is 48.5. The highest BCUT2D eigenvalue weighted by atomic mass is 16.3. The number of aliphatic hydroxyl groups is 1.